The number of nitrogens with zero attached hydrogens (tertiary/aromatic N) is 10. The quantitative estimate of drug-likeness (QED) is 0.0610. The van der Waals surface area contributed by atoms with Crippen LogP contribution in [0.4, 0.5) is 11.8 Å². The van der Waals surface area contributed by atoms with E-state index in [1.165, 1.54) is 6.33 Å². The lowest BCUT2D eigenvalue weighted by atomic mass is 10.1. The third kappa shape index (κ3) is 11.4. The highest BCUT2D eigenvalue weighted by Gasteiger charge is 2.24. The van der Waals surface area contributed by atoms with Crippen molar-refractivity contribution in [2.75, 3.05) is 96.5 Å². The second kappa shape index (κ2) is 20.4. The highest BCUT2D eigenvalue weighted by atomic mass is 16.5. The number of pyridine rings is 1. The van der Waals surface area contributed by atoms with Crippen LogP contribution in [-0.2, 0) is 36.9 Å². The molecule has 0 saturated carbocycles. The average Bonchev–Trinajstić information content (AvgIpc) is 3.85. The van der Waals surface area contributed by atoms with Gasteiger partial charge in [-0.15, -0.1) is 0 Å². The third-order valence-corrected chi connectivity index (χ3v) is 9.43. The number of carbonyl (C=O) groups is 3. The molecule has 5 aromatic rings. The van der Waals surface area contributed by atoms with Crippen molar-refractivity contribution in [3.63, 3.8) is 0 Å². The maximum Gasteiger partial charge on any atom is 0.236 e. The number of aromatic amines is 1. The maximum atomic E-state index is 12.8. The standard InChI is InChI=1S/C37H51N15O5/c1-49(24-31(55)50-10-12-51(13-11-50)37-44-20-26(19-38)21-45-37)23-30(54)41-8-15-57-17-16-56-14-5-29(53)40-6-2-3-9-52-36-32(34(39)46-25-47-36)33(48-52)28-18-27-4-7-42-35(27)43-22-28/h4,7,18,20-22,25H,2-3,5-6,8-17,19,23-24,38H2,1H3,(H,40,53)(H,41,54)(H,42,43)(H2,39,46,47). The molecular weight excluding hydrogens is 735 g/mol. The van der Waals surface area contributed by atoms with Crippen LogP contribution in [0, 0.1) is 0 Å². The van der Waals surface area contributed by atoms with Crippen molar-refractivity contribution in [2.45, 2.75) is 32.4 Å². The third-order valence-electron chi connectivity index (χ3n) is 9.43. The maximum absolute atomic E-state index is 12.8. The Labute approximate surface area is 329 Å². The molecule has 20 nitrogen and oxygen atoms in total. The summed E-state index contributed by atoms with van der Waals surface area (Å²) in [7, 11) is 1.74. The lowest BCUT2D eigenvalue weighted by molar-refractivity contribution is -0.133. The largest absolute Gasteiger partial charge is 0.383 e. The summed E-state index contributed by atoms with van der Waals surface area (Å²) in [5.41, 5.74) is 15.7. The molecule has 6 heterocycles. The zero-order valence-corrected chi connectivity index (χ0v) is 32.2. The number of H-pyrrole nitrogens is 1. The van der Waals surface area contributed by atoms with E-state index in [-0.39, 0.29) is 43.8 Å². The number of carbonyl (C=O) groups excluding carboxylic acids is 3. The number of aromatic nitrogens is 8. The predicted octanol–water partition coefficient (Wildman–Crippen LogP) is -0.0830. The van der Waals surface area contributed by atoms with Crippen LogP contribution >= 0.6 is 0 Å². The Morgan fingerprint density at radius 2 is 1.67 bits per heavy atom. The van der Waals surface area contributed by atoms with Crippen LogP contribution in [0.25, 0.3) is 33.3 Å². The SMILES string of the molecule is CN(CC(=O)NCCOCCOCCC(=O)NCCCCn1nc(-c2cnc3[nH]ccc3c2)c2c(N)ncnc21)CC(=O)N1CCN(c2ncc(CN)cn2)CC1. The Kier molecular flexibility index (Phi) is 14.6. The van der Waals surface area contributed by atoms with Gasteiger partial charge >= 0.3 is 0 Å². The van der Waals surface area contributed by atoms with Gasteiger partial charge in [0, 0.05) is 100 Å². The van der Waals surface area contributed by atoms with Crippen LogP contribution in [0.1, 0.15) is 24.8 Å². The topological polar surface area (TPSA) is 254 Å². The number of nitrogens with two attached hydrogens (primary N) is 2. The molecule has 3 amide bonds. The summed E-state index contributed by atoms with van der Waals surface area (Å²) in [6.07, 6.45) is 10.2. The van der Waals surface area contributed by atoms with E-state index in [2.05, 4.69) is 40.5 Å². The number of nitrogens with one attached hydrogen (secondary N) is 3. The van der Waals surface area contributed by atoms with Gasteiger partial charge in [-0.05, 0) is 32.0 Å². The number of hydrogen-bond donors (Lipinski definition) is 5. The number of rotatable bonds is 21. The Balaban J connectivity index is 0.763. The van der Waals surface area contributed by atoms with Gasteiger partial charge in [0.1, 0.15) is 23.5 Å². The number of piperazine rings is 1. The van der Waals surface area contributed by atoms with E-state index < -0.39 is 0 Å². The van der Waals surface area contributed by atoms with Crippen molar-refractivity contribution in [3.05, 3.63) is 48.8 Å². The van der Waals surface area contributed by atoms with Crippen molar-refractivity contribution in [3.8, 4) is 11.3 Å². The number of amides is 3. The van der Waals surface area contributed by atoms with E-state index in [0.717, 1.165) is 35.0 Å². The minimum absolute atomic E-state index is 0.0291. The van der Waals surface area contributed by atoms with Gasteiger partial charge in [0.05, 0.1) is 44.9 Å². The summed E-state index contributed by atoms with van der Waals surface area (Å²) in [4.78, 5) is 67.9. The first-order chi connectivity index (χ1) is 27.8. The Morgan fingerprint density at radius 3 is 2.46 bits per heavy atom. The Bertz CT molecular complexity index is 2080. The summed E-state index contributed by atoms with van der Waals surface area (Å²) >= 11 is 0. The zero-order chi connectivity index (χ0) is 40.0. The first-order valence-electron chi connectivity index (χ1n) is 19.1. The molecule has 5 aromatic heterocycles. The minimum atomic E-state index is -0.192. The van der Waals surface area contributed by atoms with Crippen molar-refractivity contribution < 1.29 is 23.9 Å². The fourth-order valence-corrected chi connectivity index (χ4v) is 6.37. The van der Waals surface area contributed by atoms with E-state index in [4.69, 9.17) is 26.0 Å². The monoisotopic (exact) mass is 785 g/mol. The molecule has 1 fully saturated rings. The molecule has 304 valence electrons. The fourth-order valence-electron chi connectivity index (χ4n) is 6.37. The molecule has 1 saturated heterocycles. The lowest BCUT2D eigenvalue weighted by Crippen LogP contribution is -2.52. The van der Waals surface area contributed by atoms with Gasteiger partial charge in [0.2, 0.25) is 23.7 Å². The van der Waals surface area contributed by atoms with Crippen LogP contribution in [0.15, 0.2) is 43.2 Å². The number of likely N-dealkylation sites (N-methyl/N-ethyl adjacent to an activating group) is 1. The molecule has 1 aliphatic rings. The zero-order valence-electron chi connectivity index (χ0n) is 32.2. The Morgan fingerprint density at radius 1 is 0.895 bits per heavy atom. The van der Waals surface area contributed by atoms with E-state index in [9.17, 15) is 14.4 Å². The number of nitrogen functional groups attached to an aromatic ring is 1. The first kappa shape index (κ1) is 40.8. The molecule has 1 aliphatic heterocycles. The molecule has 0 radical (unpaired) electrons. The van der Waals surface area contributed by atoms with Crippen LogP contribution in [0.2, 0.25) is 0 Å². The molecule has 7 N–H and O–H groups in total. The molecule has 0 bridgehead atoms. The second-order valence-corrected chi connectivity index (χ2v) is 13.7. The summed E-state index contributed by atoms with van der Waals surface area (Å²) in [5, 5.41) is 12.2. The summed E-state index contributed by atoms with van der Waals surface area (Å²) in [5.74, 6) is 0.676. The van der Waals surface area contributed by atoms with Gasteiger partial charge in [-0.1, -0.05) is 0 Å². The molecule has 0 unspecified atom stereocenters. The lowest BCUT2D eigenvalue weighted by Gasteiger charge is -2.35. The highest BCUT2D eigenvalue weighted by Crippen LogP contribution is 2.31. The van der Waals surface area contributed by atoms with Crippen LogP contribution in [0.3, 0.4) is 0 Å². The van der Waals surface area contributed by atoms with E-state index in [1.54, 1.807) is 35.4 Å². The normalized spacial score (nSPS) is 13.2. The minimum Gasteiger partial charge on any atom is -0.383 e. The summed E-state index contributed by atoms with van der Waals surface area (Å²) in [6.45, 7) is 5.72. The molecule has 57 heavy (non-hydrogen) atoms. The first-order valence-corrected chi connectivity index (χ1v) is 19.1. The number of aryl methyl sites for hydroxylation is 1. The van der Waals surface area contributed by atoms with Crippen molar-refractivity contribution in [1.29, 1.82) is 0 Å². The number of ether oxygens (including phenoxy) is 2. The number of fused-ring (bicyclic) bond motifs is 2. The smallest absolute Gasteiger partial charge is 0.236 e. The number of hydrogen-bond acceptors (Lipinski definition) is 15. The average molecular weight is 786 g/mol. The summed E-state index contributed by atoms with van der Waals surface area (Å²) < 4.78 is 12.9. The van der Waals surface area contributed by atoms with Crippen LogP contribution < -0.4 is 27.0 Å². The van der Waals surface area contributed by atoms with E-state index in [0.29, 0.717) is 101 Å². The van der Waals surface area contributed by atoms with Gasteiger partial charge in [0.25, 0.3) is 0 Å². The number of unbranched alkanes of at least 4 members (excludes halogenated alkanes) is 1. The highest BCUT2D eigenvalue weighted by molar-refractivity contribution is 5.99. The van der Waals surface area contributed by atoms with Crippen molar-refractivity contribution >= 4 is 51.6 Å². The van der Waals surface area contributed by atoms with Gasteiger partial charge in [-0.3, -0.25) is 19.3 Å². The molecule has 0 spiro atoms. The van der Waals surface area contributed by atoms with Gasteiger partial charge in [-0.25, -0.2) is 29.6 Å². The van der Waals surface area contributed by atoms with Crippen LogP contribution in [0.5, 0.6) is 0 Å². The van der Waals surface area contributed by atoms with E-state index in [1.807, 2.05) is 27.9 Å². The van der Waals surface area contributed by atoms with Gasteiger partial charge in [-0.2, -0.15) is 5.10 Å². The fraction of sp³-hybridized carbons (Fsp3) is 0.486. The molecule has 0 aromatic carbocycles. The van der Waals surface area contributed by atoms with Crippen LogP contribution in [-0.4, -0.2) is 153 Å². The Hall–Kier alpha value is -5.83. The molecule has 20 heteroatoms. The predicted molar refractivity (Wildman–Crippen MR) is 213 cm³/mol. The second-order valence-electron chi connectivity index (χ2n) is 13.7. The number of anilines is 2. The van der Waals surface area contributed by atoms with Gasteiger partial charge < -0.3 is 46.4 Å². The molecule has 0 aliphatic carbocycles. The molecule has 0 atom stereocenters. The van der Waals surface area contributed by atoms with Crippen molar-refractivity contribution in [2.24, 2.45) is 5.73 Å². The molecule has 6 rings (SSSR count). The summed E-state index contributed by atoms with van der Waals surface area (Å²) in [6, 6.07) is 3.96. The molecular formula is C37H51N15O5. The van der Waals surface area contributed by atoms with E-state index >= 15 is 0 Å². The van der Waals surface area contributed by atoms with Gasteiger partial charge in [0.15, 0.2) is 5.65 Å². The van der Waals surface area contributed by atoms with Crippen molar-refractivity contribution in [1.82, 2.24) is 60.1 Å².